The Morgan fingerprint density at radius 3 is 1.16 bits per heavy atom. The Morgan fingerprint density at radius 2 is 0.880 bits per heavy atom. The van der Waals surface area contributed by atoms with Crippen molar-refractivity contribution in [2.45, 2.75) is 0 Å². The predicted octanol–water partition coefficient (Wildman–Crippen LogP) is -0.347. The molecular formula is C12H14N4O7S2. The van der Waals surface area contributed by atoms with Gasteiger partial charge in [-0.05, 0) is 48.5 Å². The summed E-state index contributed by atoms with van der Waals surface area (Å²) in [7, 11) is -8.11. The molecule has 0 amide bonds. The first kappa shape index (κ1) is 18.9. The van der Waals surface area contributed by atoms with Gasteiger partial charge in [0.1, 0.15) is 23.0 Å². The van der Waals surface area contributed by atoms with E-state index in [4.69, 9.17) is 16.4 Å². The van der Waals surface area contributed by atoms with Crippen molar-refractivity contribution in [2.24, 2.45) is 11.7 Å². The van der Waals surface area contributed by atoms with E-state index < -0.39 is 20.6 Å². The second-order valence-electron chi connectivity index (χ2n) is 4.36. The van der Waals surface area contributed by atoms with Gasteiger partial charge in [0, 0.05) is 0 Å². The van der Waals surface area contributed by atoms with Crippen molar-refractivity contribution < 1.29 is 29.9 Å². The fraction of sp³-hybridized carbons (Fsp3) is 0. The highest BCUT2D eigenvalue weighted by Crippen LogP contribution is 2.26. The molecule has 25 heavy (non-hydrogen) atoms. The quantitative estimate of drug-likeness (QED) is 0.347. The lowest BCUT2D eigenvalue weighted by atomic mass is 10.3. The molecule has 0 aliphatic carbocycles. The lowest BCUT2D eigenvalue weighted by Crippen LogP contribution is -2.33. The molecule has 0 aliphatic rings. The number of nitrogens with one attached hydrogen (secondary N) is 2. The molecule has 0 radical (unpaired) electrons. The third-order valence-electron chi connectivity index (χ3n) is 2.58. The Bertz CT molecular complexity index is 835. The van der Waals surface area contributed by atoms with E-state index in [0.717, 1.165) is 0 Å². The van der Waals surface area contributed by atoms with Gasteiger partial charge >= 0.3 is 20.6 Å². The highest BCUT2D eigenvalue weighted by Gasteiger charge is 2.10. The zero-order chi connectivity index (χ0) is 18.5. The van der Waals surface area contributed by atoms with Crippen LogP contribution in [0.4, 0.5) is 0 Å². The molecule has 0 saturated carbocycles. The molecule has 13 heteroatoms. The van der Waals surface area contributed by atoms with Crippen molar-refractivity contribution in [3.8, 4) is 23.0 Å². The average molecular weight is 390 g/mol. The number of nitrogens with two attached hydrogens (primary N) is 2. The van der Waals surface area contributed by atoms with Crippen LogP contribution in [-0.2, 0) is 20.6 Å². The molecule has 136 valence electrons. The summed E-state index contributed by atoms with van der Waals surface area (Å²) in [5.41, 5.74) is 0. The summed E-state index contributed by atoms with van der Waals surface area (Å²) in [5, 5.41) is 0. The molecule has 11 nitrogen and oxygen atoms in total. The molecule has 2 aromatic carbocycles. The zero-order valence-corrected chi connectivity index (χ0v) is 14.1. The molecule has 0 atom stereocenters. The SMILES string of the molecule is NNS(=O)(=O)Oc1ccc(Oc2ccc(OS(=O)(=O)NN)cc2)cc1. The van der Waals surface area contributed by atoms with E-state index in [1.165, 1.54) is 58.2 Å². The molecular weight excluding hydrogens is 376 g/mol. The van der Waals surface area contributed by atoms with Crippen molar-refractivity contribution in [3.63, 3.8) is 0 Å². The van der Waals surface area contributed by atoms with Crippen molar-refractivity contribution in [1.29, 1.82) is 0 Å². The van der Waals surface area contributed by atoms with E-state index >= 15 is 0 Å². The van der Waals surface area contributed by atoms with Crippen LogP contribution in [0, 0.1) is 0 Å². The van der Waals surface area contributed by atoms with E-state index in [9.17, 15) is 16.8 Å². The fourth-order valence-corrected chi connectivity index (χ4v) is 2.39. The van der Waals surface area contributed by atoms with Gasteiger partial charge in [0.2, 0.25) is 0 Å². The van der Waals surface area contributed by atoms with E-state index in [-0.39, 0.29) is 11.5 Å². The van der Waals surface area contributed by atoms with Gasteiger partial charge in [-0.1, -0.05) is 0 Å². The van der Waals surface area contributed by atoms with Gasteiger partial charge in [0.25, 0.3) is 0 Å². The monoisotopic (exact) mass is 390 g/mol. The van der Waals surface area contributed by atoms with Crippen LogP contribution in [0.25, 0.3) is 0 Å². The molecule has 0 bridgehead atoms. The van der Waals surface area contributed by atoms with Crippen molar-refractivity contribution in [3.05, 3.63) is 48.5 Å². The Hall–Kier alpha value is -2.42. The van der Waals surface area contributed by atoms with Crippen LogP contribution in [0.5, 0.6) is 23.0 Å². The molecule has 6 N–H and O–H groups in total. The standard InChI is InChI=1S/C12H14N4O7S2/c13-15-24(17,18)22-11-5-1-9(2-6-11)21-10-3-7-12(8-4-10)23-25(19,20)16-14/h1-8,15-16H,13-14H2. The van der Waals surface area contributed by atoms with Gasteiger partial charge in [0.05, 0.1) is 0 Å². The maximum absolute atomic E-state index is 11.1. The Morgan fingerprint density at radius 1 is 0.600 bits per heavy atom. The average Bonchev–Trinajstić information content (AvgIpc) is 2.58. The number of benzene rings is 2. The predicted molar refractivity (Wildman–Crippen MR) is 86.7 cm³/mol. The highest BCUT2D eigenvalue weighted by atomic mass is 32.2. The van der Waals surface area contributed by atoms with E-state index in [1.807, 2.05) is 0 Å². The smallest absolute Gasteiger partial charge is 0.395 e. The van der Waals surface area contributed by atoms with Gasteiger partial charge in [-0.15, -0.1) is 9.66 Å². The first-order chi connectivity index (χ1) is 11.7. The number of ether oxygens (including phenoxy) is 1. The second kappa shape index (κ2) is 7.64. The van der Waals surface area contributed by atoms with Crippen LogP contribution < -0.4 is 34.5 Å². The molecule has 0 spiro atoms. The lowest BCUT2D eigenvalue weighted by Gasteiger charge is -2.09. The minimum atomic E-state index is -4.06. The first-order valence-corrected chi connectivity index (χ1v) is 9.26. The van der Waals surface area contributed by atoms with Crippen molar-refractivity contribution >= 4 is 20.6 Å². The van der Waals surface area contributed by atoms with Crippen LogP contribution in [0.2, 0.25) is 0 Å². The molecule has 0 heterocycles. The van der Waals surface area contributed by atoms with Gasteiger partial charge in [-0.25, -0.2) is 0 Å². The number of rotatable bonds is 8. The van der Waals surface area contributed by atoms with Crippen LogP contribution in [-0.4, -0.2) is 16.8 Å². The zero-order valence-electron chi connectivity index (χ0n) is 12.4. The van der Waals surface area contributed by atoms with Crippen LogP contribution in [0.15, 0.2) is 48.5 Å². The first-order valence-electron chi connectivity index (χ1n) is 6.44. The number of hydrogen-bond donors (Lipinski definition) is 4. The third kappa shape index (κ3) is 5.86. The van der Waals surface area contributed by atoms with E-state index in [0.29, 0.717) is 11.5 Å². The van der Waals surface area contributed by atoms with E-state index in [1.54, 1.807) is 0 Å². The molecule has 0 unspecified atom stereocenters. The maximum atomic E-state index is 11.1. The molecule has 0 aliphatic heterocycles. The van der Waals surface area contributed by atoms with Gasteiger partial charge < -0.3 is 13.1 Å². The van der Waals surface area contributed by atoms with Crippen LogP contribution >= 0.6 is 0 Å². The normalized spacial score (nSPS) is 11.8. The molecule has 2 aromatic rings. The topological polar surface area (TPSA) is 172 Å². The molecule has 0 saturated heterocycles. The van der Waals surface area contributed by atoms with Crippen molar-refractivity contribution in [2.75, 3.05) is 0 Å². The van der Waals surface area contributed by atoms with Gasteiger partial charge in [-0.2, -0.15) is 16.8 Å². The number of hydrazine groups is 2. The number of hydrogen-bond acceptors (Lipinski definition) is 9. The largest absolute Gasteiger partial charge is 0.457 e. The Kier molecular flexibility index (Phi) is 5.78. The van der Waals surface area contributed by atoms with Crippen LogP contribution in [0.1, 0.15) is 0 Å². The van der Waals surface area contributed by atoms with Gasteiger partial charge in [-0.3, -0.25) is 11.7 Å². The summed E-state index contributed by atoms with van der Waals surface area (Å²) in [4.78, 5) is 3.04. The summed E-state index contributed by atoms with van der Waals surface area (Å²) in [6, 6.07) is 11.3. The van der Waals surface area contributed by atoms with Crippen molar-refractivity contribution in [1.82, 2.24) is 9.66 Å². The maximum Gasteiger partial charge on any atom is 0.395 e. The summed E-state index contributed by atoms with van der Waals surface area (Å²) in [6.45, 7) is 0. The second-order valence-corrected chi connectivity index (χ2v) is 6.98. The lowest BCUT2D eigenvalue weighted by molar-refractivity contribution is 0.464. The van der Waals surface area contributed by atoms with E-state index in [2.05, 4.69) is 8.37 Å². The summed E-state index contributed by atoms with van der Waals surface area (Å²) < 4.78 is 59.3. The highest BCUT2D eigenvalue weighted by molar-refractivity contribution is 7.85. The minimum Gasteiger partial charge on any atom is -0.457 e. The summed E-state index contributed by atoms with van der Waals surface area (Å²) in [5.74, 6) is 10.4. The van der Waals surface area contributed by atoms with Crippen LogP contribution in [0.3, 0.4) is 0 Å². The molecule has 0 aromatic heterocycles. The fourth-order valence-electron chi connectivity index (χ4n) is 1.56. The molecule has 2 rings (SSSR count). The Balaban J connectivity index is 2.02. The van der Waals surface area contributed by atoms with Gasteiger partial charge in [0.15, 0.2) is 0 Å². The molecule has 0 fully saturated rings. The third-order valence-corrected chi connectivity index (χ3v) is 3.98. The Labute approximate surface area is 143 Å². The summed E-state index contributed by atoms with van der Waals surface area (Å²) in [6.07, 6.45) is 0. The minimum absolute atomic E-state index is 0.0357. The summed E-state index contributed by atoms with van der Waals surface area (Å²) >= 11 is 0.